The molecular formula is C15H20N4O. The van der Waals surface area contributed by atoms with E-state index in [1.807, 2.05) is 25.1 Å². The van der Waals surface area contributed by atoms with E-state index >= 15 is 0 Å². The summed E-state index contributed by atoms with van der Waals surface area (Å²) in [7, 11) is 0. The van der Waals surface area contributed by atoms with Crippen LogP contribution in [0.2, 0.25) is 0 Å². The number of nitrogen functional groups attached to an aromatic ring is 1. The SMILES string of the molecule is Cc1c(NN)ncnc1Oc1cccc(C(C)(C)C)c1. The Morgan fingerprint density at radius 2 is 1.95 bits per heavy atom. The summed E-state index contributed by atoms with van der Waals surface area (Å²) in [5.74, 6) is 7.21. The van der Waals surface area contributed by atoms with E-state index in [1.54, 1.807) is 0 Å². The first-order chi connectivity index (χ1) is 9.41. The van der Waals surface area contributed by atoms with Crippen LogP contribution >= 0.6 is 0 Å². The standard InChI is InChI=1S/C15H20N4O/c1-10-13(19-16)17-9-18-14(10)20-12-7-5-6-11(8-12)15(2,3)4/h5-9H,16H2,1-4H3,(H,17,18,19). The van der Waals surface area contributed by atoms with Gasteiger partial charge in [-0.25, -0.2) is 15.8 Å². The van der Waals surface area contributed by atoms with Gasteiger partial charge in [0.05, 0.1) is 5.56 Å². The van der Waals surface area contributed by atoms with E-state index in [9.17, 15) is 0 Å². The topological polar surface area (TPSA) is 73.1 Å². The quantitative estimate of drug-likeness (QED) is 0.663. The first-order valence-electron chi connectivity index (χ1n) is 6.48. The lowest BCUT2D eigenvalue weighted by Gasteiger charge is -2.19. The number of benzene rings is 1. The predicted molar refractivity (Wildman–Crippen MR) is 79.8 cm³/mol. The number of nitrogens with zero attached hydrogens (tertiary/aromatic N) is 2. The fourth-order valence-electron chi connectivity index (χ4n) is 1.82. The molecule has 0 aliphatic rings. The molecule has 3 N–H and O–H groups in total. The lowest BCUT2D eigenvalue weighted by atomic mass is 9.87. The van der Waals surface area contributed by atoms with Gasteiger partial charge in [0.15, 0.2) is 0 Å². The summed E-state index contributed by atoms with van der Waals surface area (Å²) in [5, 5.41) is 0. The van der Waals surface area contributed by atoms with E-state index in [4.69, 9.17) is 10.6 Å². The Hall–Kier alpha value is -2.14. The maximum Gasteiger partial charge on any atom is 0.227 e. The van der Waals surface area contributed by atoms with Crippen LogP contribution in [-0.2, 0) is 5.41 Å². The van der Waals surface area contributed by atoms with Gasteiger partial charge in [-0.15, -0.1) is 0 Å². The number of anilines is 1. The third kappa shape index (κ3) is 3.05. The lowest BCUT2D eigenvalue weighted by Crippen LogP contribution is -2.11. The Labute approximate surface area is 119 Å². The fraction of sp³-hybridized carbons (Fsp3) is 0.333. The Balaban J connectivity index is 2.31. The minimum Gasteiger partial charge on any atom is -0.439 e. The van der Waals surface area contributed by atoms with E-state index in [0.29, 0.717) is 11.7 Å². The number of hydrazine groups is 1. The summed E-state index contributed by atoms with van der Waals surface area (Å²) in [6, 6.07) is 8.00. The van der Waals surface area contributed by atoms with Gasteiger partial charge in [0.25, 0.3) is 0 Å². The average molecular weight is 272 g/mol. The molecule has 0 spiro atoms. The summed E-state index contributed by atoms with van der Waals surface area (Å²) >= 11 is 0. The summed E-state index contributed by atoms with van der Waals surface area (Å²) in [6.45, 7) is 8.35. The van der Waals surface area contributed by atoms with Crippen LogP contribution in [0.1, 0.15) is 31.9 Å². The molecule has 0 saturated heterocycles. The summed E-state index contributed by atoms with van der Waals surface area (Å²) in [6.07, 6.45) is 1.42. The predicted octanol–water partition coefficient (Wildman–Crippen LogP) is 3.16. The highest BCUT2D eigenvalue weighted by Crippen LogP contribution is 2.29. The number of aromatic nitrogens is 2. The Bertz CT molecular complexity index is 605. The van der Waals surface area contributed by atoms with Gasteiger partial charge in [0, 0.05) is 0 Å². The van der Waals surface area contributed by atoms with Gasteiger partial charge in [-0.05, 0) is 30.0 Å². The van der Waals surface area contributed by atoms with Crippen LogP contribution in [0, 0.1) is 6.92 Å². The second-order valence-electron chi connectivity index (χ2n) is 5.68. The highest BCUT2D eigenvalue weighted by atomic mass is 16.5. The fourth-order valence-corrected chi connectivity index (χ4v) is 1.82. The zero-order valence-electron chi connectivity index (χ0n) is 12.3. The van der Waals surface area contributed by atoms with Crippen molar-refractivity contribution in [1.82, 2.24) is 9.97 Å². The summed E-state index contributed by atoms with van der Waals surface area (Å²) < 4.78 is 5.84. The van der Waals surface area contributed by atoms with Crippen molar-refractivity contribution in [2.75, 3.05) is 5.43 Å². The lowest BCUT2D eigenvalue weighted by molar-refractivity contribution is 0.454. The van der Waals surface area contributed by atoms with Crippen molar-refractivity contribution in [3.63, 3.8) is 0 Å². The van der Waals surface area contributed by atoms with E-state index in [0.717, 1.165) is 11.3 Å². The average Bonchev–Trinajstić information content (AvgIpc) is 2.40. The van der Waals surface area contributed by atoms with Crippen molar-refractivity contribution in [2.24, 2.45) is 5.84 Å². The van der Waals surface area contributed by atoms with Gasteiger partial charge in [-0.1, -0.05) is 32.9 Å². The maximum absolute atomic E-state index is 5.84. The van der Waals surface area contributed by atoms with Gasteiger partial charge in [-0.2, -0.15) is 0 Å². The second kappa shape index (κ2) is 5.46. The molecular weight excluding hydrogens is 252 g/mol. The van der Waals surface area contributed by atoms with Crippen molar-refractivity contribution < 1.29 is 4.74 Å². The molecule has 5 heteroatoms. The van der Waals surface area contributed by atoms with Gasteiger partial charge in [0.1, 0.15) is 17.9 Å². The van der Waals surface area contributed by atoms with Crippen molar-refractivity contribution in [3.05, 3.63) is 41.7 Å². The number of nitrogens with two attached hydrogens (primary N) is 1. The van der Waals surface area contributed by atoms with Gasteiger partial charge in [0.2, 0.25) is 5.88 Å². The minimum absolute atomic E-state index is 0.0735. The Kier molecular flexibility index (Phi) is 3.90. The molecule has 0 bridgehead atoms. The van der Waals surface area contributed by atoms with Crippen LogP contribution in [0.3, 0.4) is 0 Å². The minimum atomic E-state index is 0.0735. The first kappa shape index (κ1) is 14.3. The third-order valence-electron chi connectivity index (χ3n) is 3.09. The molecule has 2 aromatic rings. The molecule has 20 heavy (non-hydrogen) atoms. The van der Waals surface area contributed by atoms with Crippen molar-refractivity contribution in [2.45, 2.75) is 33.1 Å². The molecule has 5 nitrogen and oxygen atoms in total. The number of nitrogens with one attached hydrogen (secondary N) is 1. The van der Waals surface area contributed by atoms with E-state index < -0.39 is 0 Å². The molecule has 0 atom stereocenters. The Morgan fingerprint density at radius 3 is 2.60 bits per heavy atom. The van der Waals surface area contributed by atoms with Crippen LogP contribution in [0.15, 0.2) is 30.6 Å². The number of rotatable bonds is 3. The van der Waals surface area contributed by atoms with E-state index in [2.05, 4.69) is 42.2 Å². The molecule has 0 aliphatic carbocycles. The van der Waals surface area contributed by atoms with Crippen LogP contribution in [0.5, 0.6) is 11.6 Å². The molecule has 1 heterocycles. The number of hydrogen-bond donors (Lipinski definition) is 2. The molecule has 2 rings (SSSR count). The molecule has 0 radical (unpaired) electrons. The molecule has 0 fully saturated rings. The molecule has 0 aliphatic heterocycles. The molecule has 1 aromatic carbocycles. The highest BCUT2D eigenvalue weighted by Gasteiger charge is 2.15. The zero-order chi connectivity index (χ0) is 14.8. The monoisotopic (exact) mass is 272 g/mol. The van der Waals surface area contributed by atoms with Crippen LogP contribution < -0.4 is 16.0 Å². The van der Waals surface area contributed by atoms with Gasteiger partial charge < -0.3 is 10.2 Å². The molecule has 0 amide bonds. The van der Waals surface area contributed by atoms with Crippen LogP contribution in [0.4, 0.5) is 5.82 Å². The molecule has 106 valence electrons. The zero-order valence-corrected chi connectivity index (χ0v) is 12.3. The molecule has 0 saturated carbocycles. The first-order valence-corrected chi connectivity index (χ1v) is 6.48. The maximum atomic E-state index is 5.84. The van der Waals surface area contributed by atoms with Crippen LogP contribution in [-0.4, -0.2) is 9.97 Å². The third-order valence-corrected chi connectivity index (χ3v) is 3.09. The van der Waals surface area contributed by atoms with E-state index in [-0.39, 0.29) is 5.41 Å². The normalized spacial score (nSPS) is 11.2. The van der Waals surface area contributed by atoms with Gasteiger partial charge >= 0.3 is 0 Å². The smallest absolute Gasteiger partial charge is 0.227 e. The molecule has 0 unspecified atom stereocenters. The highest BCUT2D eigenvalue weighted by molar-refractivity contribution is 5.48. The number of ether oxygens (including phenoxy) is 1. The van der Waals surface area contributed by atoms with E-state index in [1.165, 1.54) is 11.9 Å². The van der Waals surface area contributed by atoms with Crippen molar-refractivity contribution >= 4 is 5.82 Å². The molecule has 1 aromatic heterocycles. The largest absolute Gasteiger partial charge is 0.439 e. The summed E-state index contributed by atoms with van der Waals surface area (Å²) in [5.41, 5.74) is 4.58. The number of hydrogen-bond acceptors (Lipinski definition) is 5. The van der Waals surface area contributed by atoms with Gasteiger partial charge in [-0.3, -0.25) is 0 Å². The van der Waals surface area contributed by atoms with Crippen LogP contribution in [0.25, 0.3) is 0 Å². The van der Waals surface area contributed by atoms with Crippen molar-refractivity contribution in [3.8, 4) is 11.6 Å². The van der Waals surface area contributed by atoms with Crippen molar-refractivity contribution in [1.29, 1.82) is 0 Å². The Morgan fingerprint density at radius 1 is 1.20 bits per heavy atom. The summed E-state index contributed by atoms with van der Waals surface area (Å²) in [4.78, 5) is 8.17. The second-order valence-corrected chi connectivity index (χ2v) is 5.68.